The number of hydrogen-bond acceptors (Lipinski definition) is 5. The second-order valence-electron chi connectivity index (χ2n) is 6.02. The summed E-state index contributed by atoms with van der Waals surface area (Å²) in [5.41, 5.74) is 3.89. The molecule has 0 saturated carbocycles. The zero-order valence-corrected chi connectivity index (χ0v) is 16.4. The third-order valence-electron chi connectivity index (χ3n) is 4.30. The number of nitrogens with one attached hydrogen (secondary N) is 1. The Morgan fingerprint density at radius 2 is 1.82 bits per heavy atom. The molecule has 0 spiro atoms. The zero-order chi connectivity index (χ0) is 19.7. The van der Waals surface area contributed by atoms with Crippen molar-refractivity contribution in [2.45, 2.75) is 0 Å². The molecule has 0 aliphatic carbocycles. The molecule has 3 aromatic rings. The highest BCUT2D eigenvalue weighted by Gasteiger charge is 2.35. The van der Waals surface area contributed by atoms with E-state index >= 15 is 0 Å². The molecule has 1 heterocycles. The average molecular weight is 411 g/mol. The number of rotatable bonds is 4. The monoisotopic (exact) mass is 410 g/mol. The topological polar surface area (TPSA) is 58.6 Å². The van der Waals surface area contributed by atoms with Crippen LogP contribution in [0.2, 0.25) is 5.02 Å². The summed E-state index contributed by atoms with van der Waals surface area (Å²) in [7, 11) is 1.60. The van der Waals surface area contributed by atoms with Crippen LogP contribution in [0, 0.1) is 0 Å². The highest BCUT2D eigenvalue weighted by Crippen LogP contribution is 2.59. The molecule has 4 rings (SSSR count). The molecule has 1 aliphatic rings. The number of halogens is 1. The van der Waals surface area contributed by atoms with E-state index < -0.39 is 11.1 Å². The number of imide groups is 1. The lowest BCUT2D eigenvalue weighted by atomic mass is 9.98. The summed E-state index contributed by atoms with van der Waals surface area (Å²) in [5.74, 6) is 0.224. The lowest BCUT2D eigenvalue weighted by molar-refractivity contribution is 0.0969. The number of anilines is 2. The molecular weight excluding hydrogens is 396 g/mol. The van der Waals surface area contributed by atoms with Crippen LogP contribution in [0.25, 0.3) is 11.1 Å². The van der Waals surface area contributed by atoms with Gasteiger partial charge in [0.1, 0.15) is 5.69 Å². The third-order valence-corrected chi connectivity index (χ3v) is 5.36. The summed E-state index contributed by atoms with van der Waals surface area (Å²) in [6.07, 6.45) is 0. The van der Waals surface area contributed by atoms with E-state index in [9.17, 15) is 9.59 Å². The van der Waals surface area contributed by atoms with Crippen LogP contribution in [0.1, 0.15) is 10.4 Å². The normalized spacial score (nSPS) is 11.6. The van der Waals surface area contributed by atoms with Gasteiger partial charge < -0.3 is 4.74 Å². The van der Waals surface area contributed by atoms with Gasteiger partial charge in [-0.1, -0.05) is 48.0 Å². The van der Waals surface area contributed by atoms with Crippen molar-refractivity contribution in [3.05, 3.63) is 77.3 Å². The average Bonchev–Trinajstić information content (AvgIpc) is 2.72. The molecule has 140 valence electrons. The molecule has 0 aromatic heterocycles. The van der Waals surface area contributed by atoms with Crippen LogP contribution in [0.15, 0.2) is 66.7 Å². The summed E-state index contributed by atoms with van der Waals surface area (Å²) < 4.78 is 7.25. The molecule has 7 heteroatoms. The zero-order valence-electron chi connectivity index (χ0n) is 14.8. The number of carbonyl (C=O) groups is 2. The molecule has 0 radical (unpaired) electrons. The highest BCUT2D eigenvalue weighted by molar-refractivity contribution is 8.15. The van der Waals surface area contributed by atoms with Crippen molar-refractivity contribution in [2.24, 2.45) is 0 Å². The second kappa shape index (κ2) is 7.58. The van der Waals surface area contributed by atoms with Crippen molar-refractivity contribution in [1.82, 2.24) is 5.32 Å². The smallest absolute Gasteiger partial charge is 0.306 e. The van der Waals surface area contributed by atoms with Gasteiger partial charge >= 0.3 is 5.24 Å². The molecule has 2 bridgehead atoms. The minimum atomic E-state index is -0.501. The maximum Gasteiger partial charge on any atom is 0.306 e. The Morgan fingerprint density at radius 1 is 1.04 bits per heavy atom. The first-order valence-electron chi connectivity index (χ1n) is 8.44. The van der Waals surface area contributed by atoms with Gasteiger partial charge in [0.15, 0.2) is 5.75 Å². The van der Waals surface area contributed by atoms with Crippen molar-refractivity contribution in [3.63, 3.8) is 0 Å². The molecule has 0 unspecified atom stereocenters. The molecule has 5 nitrogen and oxygen atoms in total. The summed E-state index contributed by atoms with van der Waals surface area (Å²) in [4.78, 5) is 24.7. The first kappa shape index (κ1) is 18.4. The van der Waals surface area contributed by atoms with Gasteiger partial charge in [-0.15, -0.1) is 0 Å². The minimum absolute atomic E-state index is 0.325. The van der Waals surface area contributed by atoms with E-state index in [1.54, 1.807) is 29.6 Å². The molecule has 2 amide bonds. The number of ether oxygens (including phenoxy) is 1. The van der Waals surface area contributed by atoms with Crippen LogP contribution >= 0.6 is 23.5 Å². The Morgan fingerprint density at radius 3 is 2.54 bits per heavy atom. The quantitative estimate of drug-likeness (QED) is 0.562. The number of amides is 2. The second-order valence-corrected chi connectivity index (χ2v) is 7.37. The van der Waals surface area contributed by atoms with Crippen LogP contribution in [0.4, 0.5) is 16.2 Å². The van der Waals surface area contributed by atoms with E-state index in [4.69, 9.17) is 16.3 Å². The number of methoxy groups -OCH3 is 1. The van der Waals surface area contributed by atoms with Gasteiger partial charge in [-0.05, 0) is 35.9 Å². The van der Waals surface area contributed by atoms with E-state index in [0.29, 0.717) is 10.6 Å². The van der Waals surface area contributed by atoms with Crippen molar-refractivity contribution >= 4 is 46.1 Å². The van der Waals surface area contributed by atoms with E-state index in [1.165, 1.54) is 6.07 Å². The number of nitrogens with zero attached hydrogens (tertiary/aromatic N) is 1. The first-order chi connectivity index (χ1) is 13.6. The Hall–Kier alpha value is -2.96. The molecule has 0 fully saturated rings. The van der Waals surface area contributed by atoms with Gasteiger partial charge in [-0.3, -0.25) is 19.2 Å². The maximum atomic E-state index is 12.4. The van der Waals surface area contributed by atoms with Crippen LogP contribution in [-0.2, 0) is 0 Å². The SMILES string of the molecule is COc1c2ccc(-c3ccccc3)c1N2SC(=O)NC(=O)c1cccc(Cl)c1. The Labute approximate surface area is 171 Å². The Balaban J connectivity index is 1.52. The van der Waals surface area contributed by atoms with Crippen LogP contribution in [0.5, 0.6) is 5.75 Å². The molecule has 1 aliphatic heterocycles. The largest absolute Gasteiger partial charge is 0.492 e. The number of fused-ring (bicyclic) bond motifs is 2. The Kier molecular flexibility index (Phi) is 4.98. The van der Waals surface area contributed by atoms with Crippen molar-refractivity contribution < 1.29 is 14.3 Å². The lowest BCUT2D eigenvalue weighted by Crippen LogP contribution is -2.31. The van der Waals surface area contributed by atoms with Gasteiger partial charge in [0, 0.05) is 16.1 Å². The van der Waals surface area contributed by atoms with Gasteiger partial charge in [-0.25, -0.2) is 0 Å². The van der Waals surface area contributed by atoms with E-state index in [-0.39, 0.29) is 0 Å². The molecule has 0 atom stereocenters. The fourth-order valence-electron chi connectivity index (χ4n) is 3.04. The summed E-state index contributed by atoms with van der Waals surface area (Å²) in [6.45, 7) is 0. The number of hydrogen-bond donors (Lipinski definition) is 1. The third kappa shape index (κ3) is 3.32. The minimum Gasteiger partial charge on any atom is -0.492 e. The molecule has 28 heavy (non-hydrogen) atoms. The van der Waals surface area contributed by atoms with Crippen molar-refractivity contribution in [3.8, 4) is 16.9 Å². The van der Waals surface area contributed by atoms with E-state index in [2.05, 4.69) is 5.32 Å². The number of benzene rings is 3. The summed E-state index contributed by atoms with van der Waals surface area (Å²) in [6, 6.07) is 20.2. The predicted molar refractivity (Wildman–Crippen MR) is 112 cm³/mol. The van der Waals surface area contributed by atoms with E-state index in [0.717, 1.165) is 40.2 Å². The van der Waals surface area contributed by atoms with Crippen LogP contribution in [-0.4, -0.2) is 18.3 Å². The van der Waals surface area contributed by atoms with Gasteiger partial charge in [-0.2, -0.15) is 0 Å². The first-order valence-corrected chi connectivity index (χ1v) is 9.59. The van der Waals surface area contributed by atoms with Crippen molar-refractivity contribution in [1.29, 1.82) is 0 Å². The molecular formula is C21H15ClN2O3S. The van der Waals surface area contributed by atoms with Crippen molar-refractivity contribution in [2.75, 3.05) is 11.4 Å². The maximum absolute atomic E-state index is 12.4. The molecule has 1 N–H and O–H groups in total. The fraction of sp³-hybridized carbons (Fsp3) is 0.0476. The van der Waals surface area contributed by atoms with Crippen LogP contribution in [0.3, 0.4) is 0 Å². The van der Waals surface area contributed by atoms with Gasteiger partial charge in [0.25, 0.3) is 5.91 Å². The summed E-state index contributed by atoms with van der Waals surface area (Å²) >= 11 is 6.81. The standard InChI is InChI=1S/C21H15ClN2O3S/c1-27-19-17-11-10-16(13-6-3-2-4-7-13)18(19)24(17)28-21(26)23-20(25)14-8-5-9-15(22)12-14/h2-12H,1H3,(H,23,25,26). The highest BCUT2D eigenvalue weighted by atomic mass is 35.5. The molecule has 0 saturated heterocycles. The van der Waals surface area contributed by atoms with Gasteiger partial charge in [0.2, 0.25) is 0 Å². The fourth-order valence-corrected chi connectivity index (χ4v) is 4.05. The summed E-state index contributed by atoms with van der Waals surface area (Å²) in [5, 5.41) is 2.32. The van der Waals surface area contributed by atoms with E-state index in [1.807, 2.05) is 42.5 Å². The molecule has 3 aromatic carbocycles. The number of carbonyl (C=O) groups excluding carboxylic acids is 2. The van der Waals surface area contributed by atoms with Crippen LogP contribution < -0.4 is 14.4 Å². The lowest BCUT2D eigenvalue weighted by Gasteiger charge is -2.36. The Bertz CT molecular complexity index is 1070. The predicted octanol–water partition coefficient (Wildman–Crippen LogP) is 5.67. The van der Waals surface area contributed by atoms with Gasteiger partial charge in [0.05, 0.1) is 24.7 Å².